The number of fused-ring (bicyclic) bond motifs is 3. The number of hydrogen-bond donors (Lipinski definition) is 0. The monoisotopic (exact) mass is 367 g/mol. The van der Waals surface area contributed by atoms with Crippen LogP contribution in [0.2, 0.25) is 0 Å². The Hall–Kier alpha value is -3.32. The van der Waals surface area contributed by atoms with Crippen molar-refractivity contribution in [3.63, 3.8) is 0 Å². The molecule has 0 saturated carbocycles. The molecule has 6 nitrogen and oxygen atoms in total. The summed E-state index contributed by atoms with van der Waals surface area (Å²) in [6.45, 7) is 0. The average Bonchev–Trinajstić information content (AvgIpc) is 2.99. The molecule has 1 aromatic heterocycles. The number of para-hydroxylation sites is 1. The molecule has 0 atom stereocenters. The normalized spacial score (nSPS) is 11.7. The van der Waals surface area contributed by atoms with E-state index in [1.54, 1.807) is 12.1 Å². The molecule has 4 aromatic rings. The summed E-state index contributed by atoms with van der Waals surface area (Å²) in [7, 11) is -4.20. The maximum atomic E-state index is 12.5. The molecule has 0 N–H and O–H groups in total. The van der Waals surface area contributed by atoms with Gasteiger partial charge in [0.05, 0.1) is 5.97 Å². The van der Waals surface area contributed by atoms with Crippen LogP contribution >= 0.6 is 0 Å². The number of carbonyl (C=O) groups excluding carboxylic acids is 1. The second-order valence-corrected chi connectivity index (χ2v) is 7.16. The van der Waals surface area contributed by atoms with E-state index in [1.165, 1.54) is 24.3 Å². The summed E-state index contributed by atoms with van der Waals surface area (Å²) in [6, 6.07) is 16.9. The minimum atomic E-state index is -4.20. The number of rotatable bonds is 4. The van der Waals surface area contributed by atoms with Crippen LogP contribution in [0.4, 0.5) is 0 Å². The number of furan rings is 1. The number of benzene rings is 3. The van der Waals surface area contributed by atoms with Gasteiger partial charge >= 0.3 is 10.1 Å². The van der Waals surface area contributed by atoms with Crippen molar-refractivity contribution in [2.75, 3.05) is 0 Å². The van der Waals surface area contributed by atoms with Gasteiger partial charge in [0, 0.05) is 10.8 Å². The second-order valence-electron chi connectivity index (χ2n) is 5.61. The maximum Gasteiger partial charge on any atom is 0.339 e. The first-order valence-electron chi connectivity index (χ1n) is 7.61. The molecule has 0 bridgehead atoms. The molecule has 0 aliphatic heterocycles. The molecule has 0 aliphatic carbocycles. The minimum Gasteiger partial charge on any atom is -0.545 e. The average molecular weight is 367 g/mol. The predicted octanol–water partition coefficient (Wildman–Crippen LogP) is 2.72. The summed E-state index contributed by atoms with van der Waals surface area (Å²) in [6.07, 6.45) is 0. The van der Waals surface area contributed by atoms with Gasteiger partial charge in [0.2, 0.25) is 0 Å². The number of carboxylic acid groups (broad SMARTS) is 1. The topological polar surface area (TPSA) is 96.6 Å². The van der Waals surface area contributed by atoms with Gasteiger partial charge in [-0.2, -0.15) is 8.42 Å². The van der Waals surface area contributed by atoms with Crippen molar-refractivity contribution in [3.8, 4) is 5.75 Å². The Morgan fingerprint density at radius 1 is 0.885 bits per heavy atom. The van der Waals surface area contributed by atoms with E-state index in [-0.39, 0.29) is 16.2 Å². The van der Waals surface area contributed by atoms with Crippen LogP contribution in [0.3, 0.4) is 0 Å². The molecule has 0 radical (unpaired) electrons. The molecule has 0 spiro atoms. The quantitative estimate of drug-likeness (QED) is 0.515. The Bertz CT molecular complexity index is 1250. The van der Waals surface area contributed by atoms with Gasteiger partial charge in [0.15, 0.2) is 0 Å². The Balaban J connectivity index is 1.75. The van der Waals surface area contributed by atoms with Crippen molar-refractivity contribution in [3.05, 3.63) is 72.3 Å². The molecule has 0 fully saturated rings. The number of aromatic carboxylic acids is 1. The van der Waals surface area contributed by atoms with E-state index in [2.05, 4.69) is 0 Å². The molecular weight excluding hydrogens is 356 g/mol. The summed E-state index contributed by atoms with van der Waals surface area (Å²) in [5, 5.41) is 12.5. The summed E-state index contributed by atoms with van der Waals surface area (Å²) < 4.78 is 35.8. The Morgan fingerprint density at radius 3 is 2.46 bits per heavy atom. The van der Waals surface area contributed by atoms with E-state index >= 15 is 0 Å². The largest absolute Gasteiger partial charge is 0.545 e. The zero-order valence-corrected chi connectivity index (χ0v) is 14.0. The van der Waals surface area contributed by atoms with Crippen LogP contribution in [-0.2, 0) is 10.1 Å². The second kappa shape index (κ2) is 5.89. The Labute approximate surface area is 148 Å². The van der Waals surface area contributed by atoms with Crippen LogP contribution in [0.5, 0.6) is 5.75 Å². The molecular formula is C19H11O6S-. The van der Waals surface area contributed by atoms with E-state index in [9.17, 15) is 18.3 Å². The zero-order valence-electron chi connectivity index (χ0n) is 13.2. The number of hydrogen-bond acceptors (Lipinski definition) is 6. The van der Waals surface area contributed by atoms with E-state index < -0.39 is 16.1 Å². The van der Waals surface area contributed by atoms with Gasteiger partial charge in [-0.25, -0.2) is 0 Å². The lowest BCUT2D eigenvalue weighted by Crippen LogP contribution is -2.22. The predicted molar refractivity (Wildman–Crippen MR) is 92.3 cm³/mol. The standard InChI is InChI=1S/C19H12O6S/c20-19(21)12-4-3-5-14(10-12)26(22,23)25-13-8-9-18-16(11-13)15-6-1-2-7-17(15)24-18/h1-11H,(H,20,21)/p-1. The first-order valence-corrected chi connectivity index (χ1v) is 9.02. The van der Waals surface area contributed by atoms with Crippen molar-refractivity contribution in [2.24, 2.45) is 0 Å². The van der Waals surface area contributed by atoms with Gasteiger partial charge in [-0.3, -0.25) is 0 Å². The van der Waals surface area contributed by atoms with Crippen LogP contribution in [0.25, 0.3) is 21.9 Å². The molecule has 26 heavy (non-hydrogen) atoms. The third kappa shape index (κ3) is 2.78. The fraction of sp³-hybridized carbons (Fsp3) is 0. The summed E-state index contributed by atoms with van der Waals surface area (Å²) in [5.74, 6) is -1.36. The Kier molecular flexibility index (Phi) is 3.66. The van der Waals surface area contributed by atoms with Crippen molar-refractivity contribution in [2.45, 2.75) is 4.90 Å². The van der Waals surface area contributed by atoms with Gasteiger partial charge in [-0.15, -0.1) is 0 Å². The summed E-state index contributed by atoms with van der Waals surface area (Å²) in [4.78, 5) is 10.7. The van der Waals surface area contributed by atoms with E-state index in [0.717, 1.165) is 16.8 Å². The van der Waals surface area contributed by atoms with Crippen LogP contribution < -0.4 is 9.29 Å². The zero-order chi connectivity index (χ0) is 18.3. The number of carboxylic acids is 1. The fourth-order valence-corrected chi connectivity index (χ4v) is 3.68. The Morgan fingerprint density at radius 2 is 1.65 bits per heavy atom. The lowest BCUT2D eigenvalue weighted by Gasteiger charge is -2.09. The lowest BCUT2D eigenvalue weighted by molar-refractivity contribution is -0.255. The minimum absolute atomic E-state index is 0.0999. The molecule has 0 saturated heterocycles. The summed E-state index contributed by atoms with van der Waals surface area (Å²) >= 11 is 0. The van der Waals surface area contributed by atoms with Gasteiger partial charge in [0.25, 0.3) is 0 Å². The van der Waals surface area contributed by atoms with Crippen molar-refractivity contribution in [1.29, 1.82) is 0 Å². The third-order valence-corrected chi connectivity index (χ3v) is 5.16. The summed E-state index contributed by atoms with van der Waals surface area (Å²) in [5.41, 5.74) is 1.05. The van der Waals surface area contributed by atoms with E-state index in [4.69, 9.17) is 8.60 Å². The van der Waals surface area contributed by atoms with Gasteiger partial charge in [0.1, 0.15) is 21.8 Å². The molecule has 0 amide bonds. The molecule has 7 heteroatoms. The molecule has 0 unspecified atom stereocenters. The highest BCUT2D eigenvalue weighted by atomic mass is 32.2. The first-order chi connectivity index (χ1) is 12.4. The maximum absolute atomic E-state index is 12.5. The van der Waals surface area contributed by atoms with Crippen LogP contribution in [0.15, 0.2) is 76.0 Å². The van der Waals surface area contributed by atoms with Crippen molar-refractivity contribution >= 4 is 38.0 Å². The molecule has 4 rings (SSSR count). The molecule has 3 aromatic carbocycles. The third-order valence-electron chi connectivity index (χ3n) is 3.91. The number of carbonyl (C=O) groups is 1. The fourth-order valence-electron chi connectivity index (χ4n) is 2.71. The first kappa shape index (κ1) is 16.2. The van der Waals surface area contributed by atoms with Crippen LogP contribution in [0.1, 0.15) is 10.4 Å². The highest BCUT2D eigenvalue weighted by Gasteiger charge is 2.18. The van der Waals surface area contributed by atoms with Crippen LogP contribution in [0, 0.1) is 0 Å². The van der Waals surface area contributed by atoms with Crippen molar-refractivity contribution in [1.82, 2.24) is 0 Å². The van der Waals surface area contributed by atoms with E-state index in [0.29, 0.717) is 11.2 Å². The van der Waals surface area contributed by atoms with Gasteiger partial charge < -0.3 is 18.5 Å². The lowest BCUT2D eigenvalue weighted by atomic mass is 10.1. The van der Waals surface area contributed by atoms with Gasteiger partial charge in [-0.1, -0.05) is 30.3 Å². The van der Waals surface area contributed by atoms with Crippen LogP contribution in [-0.4, -0.2) is 14.4 Å². The highest BCUT2D eigenvalue weighted by molar-refractivity contribution is 7.87. The smallest absolute Gasteiger partial charge is 0.339 e. The highest BCUT2D eigenvalue weighted by Crippen LogP contribution is 2.32. The molecule has 0 aliphatic rings. The van der Waals surface area contributed by atoms with Gasteiger partial charge in [-0.05, 0) is 42.0 Å². The molecule has 130 valence electrons. The van der Waals surface area contributed by atoms with Crippen molar-refractivity contribution < 1.29 is 26.9 Å². The van der Waals surface area contributed by atoms with E-state index in [1.807, 2.05) is 24.3 Å². The SMILES string of the molecule is O=C([O-])c1cccc(S(=O)(=O)Oc2ccc3oc4ccccc4c3c2)c1. The molecule has 1 heterocycles.